The standard InChI is InChI=1S/C30H28FNO7/c31-23-17-19-24(20-18-23)35-22-28-16-9-15-25(36-28)14-7-8-21-32(29(33)37-26-10-3-1-4-11-26)39-30(34)38-27-12-5-2-6-13-27/h1-6,10-13,17-20,25,28H,8-9,15-16,21-22H2. The SMILES string of the molecule is O=C(Oc1ccccc1)ON(CCC#CC1CCCC(COc2ccc(F)cc2)O1)C(=O)Oc1ccccc1. The van der Waals surface area contributed by atoms with Crippen molar-refractivity contribution in [1.29, 1.82) is 0 Å². The van der Waals surface area contributed by atoms with Crippen LogP contribution >= 0.6 is 0 Å². The first-order valence-corrected chi connectivity index (χ1v) is 12.6. The molecule has 0 saturated carbocycles. The van der Waals surface area contributed by atoms with Crippen LogP contribution in [0.3, 0.4) is 0 Å². The highest BCUT2D eigenvalue weighted by Gasteiger charge is 2.23. The summed E-state index contributed by atoms with van der Waals surface area (Å²) in [6.07, 6.45) is 0.291. The minimum atomic E-state index is -1.08. The van der Waals surface area contributed by atoms with Crippen LogP contribution in [0.25, 0.3) is 0 Å². The van der Waals surface area contributed by atoms with Crippen molar-refractivity contribution in [3.05, 3.63) is 90.7 Å². The summed E-state index contributed by atoms with van der Waals surface area (Å²) in [6.45, 7) is 0.284. The van der Waals surface area contributed by atoms with Gasteiger partial charge >= 0.3 is 12.2 Å². The molecule has 1 fully saturated rings. The van der Waals surface area contributed by atoms with E-state index in [9.17, 15) is 14.0 Å². The molecule has 1 saturated heterocycles. The molecule has 1 aliphatic rings. The number of para-hydroxylation sites is 2. The molecule has 8 nitrogen and oxygen atoms in total. The Balaban J connectivity index is 1.29. The summed E-state index contributed by atoms with van der Waals surface area (Å²) in [5, 5.41) is 0.772. The van der Waals surface area contributed by atoms with Gasteiger partial charge < -0.3 is 18.9 Å². The van der Waals surface area contributed by atoms with E-state index in [1.807, 2.05) is 0 Å². The van der Waals surface area contributed by atoms with Crippen molar-refractivity contribution in [2.45, 2.75) is 37.9 Å². The van der Waals surface area contributed by atoms with E-state index in [1.54, 1.807) is 72.8 Å². The molecule has 39 heavy (non-hydrogen) atoms. The third kappa shape index (κ3) is 9.36. The number of hydrogen-bond donors (Lipinski definition) is 0. The predicted molar refractivity (Wildman–Crippen MR) is 140 cm³/mol. The highest BCUT2D eigenvalue weighted by atomic mass is 19.1. The van der Waals surface area contributed by atoms with Gasteiger partial charge in [0.25, 0.3) is 0 Å². The van der Waals surface area contributed by atoms with E-state index in [2.05, 4.69) is 11.8 Å². The maximum atomic E-state index is 13.1. The van der Waals surface area contributed by atoms with Crippen molar-refractivity contribution in [1.82, 2.24) is 5.06 Å². The smallest absolute Gasteiger partial charge is 0.491 e. The van der Waals surface area contributed by atoms with Crippen molar-refractivity contribution in [2.75, 3.05) is 13.2 Å². The molecule has 0 bridgehead atoms. The fraction of sp³-hybridized carbons (Fsp3) is 0.267. The van der Waals surface area contributed by atoms with Gasteiger partial charge in [0.2, 0.25) is 0 Å². The van der Waals surface area contributed by atoms with Gasteiger partial charge in [0, 0.05) is 6.42 Å². The number of ether oxygens (including phenoxy) is 4. The lowest BCUT2D eigenvalue weighted by Crippen LogP contribution is -2.37. The Morgan fingerprint density at radius 1 is 0.872 bits per heavy atom. The lowest BCUT2D eigenvalue weighted by Gasteiger charge is -2.27. The van der Waals surface area contributed by atoms with Crippen LogP contribution in [-0.4, -0.2) is 42.7 Å². The Hall–Kier alpha value is -4.55. The summed E-state index contributed by atoms with van der Waals surface area (Å²) in [5.74, 6) is 6.87. The number of nitrogens with zero attached hydrogens (tertiary/aromatic N) is 1. The molecule has 3 aromatic rings. The number of carbonyl (C=O) groups excluding carboxylic acids is 2. The van der Waals surface area contributed by atoms with Crippen LogP contribution in [0.4, 0.5) is 14.0 Å². The first-order chi connectivity index (χ1) is 19.0. The second-order valence-electron chi connectivity index (χ2n) is 8.55. The second-order valence-corrected chi connectivity index (χ2v) is 8.55. The first-order valence-electron chi connectivity index (χ1n) is 12.6. The minimum Gasteiger partial charge on any atom is -0.491 e. The molecule has 1 aliphatic heterocycles. The van der Waals surface area contributed by atoms with E-state index in [1.165, 1.54) is 12.1 Å². The summed E-state index contributed by atoms with van der Waals surface area (Å²) in [6, 6.07) is 22.6. The normalized spacial score (nSPS) is 16.2. The summed E-state index contributed by atoms with van der Waals surface area (Å²) in [7, 11) is 0. The van der Waals surface area contributed by atoms with E-state index >= 15 is 0 Å². The lowest BCUT2D eigenvalue weighted by molar-refractivity contribution is -0.0880. The molecule has 4 rings (SSSR count). The molecule has 9 heteroatoms. The second kappa shape index (κ2) is 14.4. The molecule has 3 aromatic carbocycles. The maximum absolute atomic E-state index is 13.1. The van der Waals surface area contributed by atoms with Gasteiger partial charge in [-0.15, -0.1) is 5.06 Å². The molecule has 0 aliphatic carbocycles. The van der Waals surface area contributed by atoms with Crippen molar-refractivity contribution in [3.63, 3.8) is 0 Å². The Kier molecular flexibility index (Phi) is 10.2. The molecule has 0 spiro atoms. The number of rotatable bonds is 7. The van der Waals surface area contributed by atoms with Crippen molar-refractivity contribution < 1.29 is 37.8 Å². The summed E-state index contributed by atoms with van der Waals surface area (Å²) in [5.41, 5.74) is 0. The van der Waals surface area contributed by atoms with Gasteiger partial charge in [-0.1, -0.05) is 48.2 Å². The first kappa shape index (κ1) is 27.5. The third-order valence-corrected chi connectivity index (χ3v) is 5.58. The van der Waals surface area contributed by atoms with Crippen LogP contribution in [0.5, 0.6) is 17.2 Å². The van der Waals surface area contributed by atoms with E-state index in [0.717, 1.165) is 24.3 Å². The highest BCUT2D eigenvalue weighted by molar-refractivity contribution is 5.72. The van der Waals surface area contributed by atoms with Crippen molar-refractivity contribution in [2.24, 2.45) is 0 Å². The molecular formula is C30H28FNO7. The Labute approximate surface area is 226 Å². The number of hydrogen-bond acceptors (Lipinski definition) is 7. The Morgan fingerprint density at radius 2 is 1.54 bits per heavy atom. The van der Waals surface area contributed by atoms with E-state index in [-0.39, 0.29) is 36.7 Å². The van der Waals surface area contributed by atoms with Crippen molar-refractivity contribution in [3.8, 4) is 29.1 Å². The molecule has 2 unspecified atom stereocenters. The predicted octanol–water partition coefficient (Wildman–Crippen LogP) is 6.17. The molecule has 0 N–H and O–H groups in total. The monoisotopic (exact) mass is 533 g/mol. The van der Waals surface area contributed by atoms with Gasteiger partial charge in [-0.25, -0.2) is 14.0 Å². The average molecular weight is 534 g/mol. The summed E-state index contributed by atoms with van der Waals surface area (Å²) in [4.78, 5) is 30.1. The number of hydroxylamine groups is 2. The van der Waals surface area contributed by atoms with E-state index in [0.29, 0.717) is 18.1 Å². The zero-order valence-electron chi connectivity index (χ0n) is 21.2. The topological polar surface area (TPSA) is 83.5 Å². The zero-order valence-corrected chi connectivity index (χ0v) is 21.2. The average Bonchev–Trinajstić information content (AvgIpc) is 2.95. The minimum absolute atomic E-state index is 0.0492. The van der Waals surface area contributed by atoms with Gasteiger partial charge in [-0.05, 0) is 67.8 Å². The Bertz CT molecular complexity index is 1260. The fourth-order valence-electron chi connectivity index (χ4n) is 3.70. The number of halogens is 1. The highest BCUT2D eigenvalue weighted by Crippen LogP contribution is 2.20. The summed E-state index contributed by atoms with van der Waals surface area (Å²) < 4.78 is 35.2. The number of benzene rings is 3. The number of amides is 1. The van der Waals surface area contributed by atoms with Gasteiger partial charge in [0.1, 0.15) is 35.8 Å². The van der Waals surface area contributed by atoms with Gasteiger partial charge in [0.15, 0.2) is 0 Å². The molecule has 0 aromatic heterocycles. The van der Waals surface area contributed by atoms with Crippen LogP contribution in [0.15, 0.2) is 84.9 Å². The van der Waals surface area contributed by atoms with Crippen LogP contribution < -0.4 is 14.2 Å². The van der Waals surface area contributed by atoms with Crippen molar-refractivity contribution >= 4 is 12.2 Å². The molecule has 1 heterocycles. The lowest BCUT2D eigenvalue weighted by atomic mass is 10.0. The summed E-state index contributed by atoms with van der Waals surface area (Å²) >= 11 is 0. The van der Waals surface area contributed by atoms with E-state index in [4.69, 9.17) is 23.8 Å². The fourth-order valence-corrected chi connectivity index (χ4v) is 3.70. The molecule has 1 amide bonds. The van der Waals surface area contributed by atoms with Crippen LogP contribution in [0.2, 0.25) is 0 Å². The van der Waals surface area contributed by atoms with Crippen LogP contribution in [0.1, 0.15) is 25.7 Å². The quantitative estimate of drug-likeness (QED) is 0.156. The van der Waals surface area contributed by atoms with Crippen LogP contribution in [-0.2, 0) is 9.57 Å². The van der Waals surface area contributed by atoms with Gasteiger partial charge in [0.05, 0.1) is 12.6 Å². The third-order valence-electron chi connectivity index (χ3n) is 5.58. The van der Waals surface area contributed by atoms with Crippen LogP contribution in [0, 0.1) is 17.7 Å². The maximum Gasteiger partial charge on any atom is 0.539 e. The largest absolute Gasteiger partial charge is 0.539 e. The Morgan fingerprint density at radius 3 is 2.23 bits per heavy atom. The number of carbonyl (C=O) groups is 2. The van der Waals surface area contributed by atoms with E-state index < -0.39 is 12.2 Å². The molecule has 202 valence electrons. The van der Waals surface area contributed by atoms with Gasteiger partial charge in [-0.3, -0.25) is 4.84 Å². The molecule has 0 radical (unpaired) electrons. The molecular weight excluding hydrogens is 505 g/mol. The molecule has 2 atom stereocenters. The zero-order chi connectivity index (χ0) is 27.3. The van der Waals surface area contributed by atoms with Gasteiger partial charge in [-0.2, -0.15) is 0 Å².